The second-order valence-electron chi connectivity index (χ2n) is 3.64. The average molecular weight is 198 g/mol. The molecule has 3 heteroatoms. The Kier molecular flexibility index (Phi) is 2.41. The van der Waals surface area contributed by atoms with Crippen molar-refractivity contribution in [3.05, 3.63) is 22.4 Å². The van der Waals surface area contributed by atoms with Crippen LogP contribution >= 0.6 is 11.3 Å². The minimum atomic E-state index is -0.727. The molecule has 1 fully saturated rings. The van der Waals surface area contributed by atoms with Crippen molar-refractivity contribution in [3.8, 4) is 0 Å². The van der Waals surface area contributed by atoms with Crippen LogP contribution in [0.15, 0.2) is 16.8 Å². The molecule has 0 radical (unpaired) electrons. The van der Waals surface area contributed by atoms with Crippen LogP contribution in [0.25, 0.3) is 0 Å². The molecule has 1 aliphatic carbocycles. The van der Waals surface area contributed by atoms with Crippen LogP contribution in [0.3, 0.4) is 0 Å². The fourth-order valence-corrected chi connectivity index (χ4v) is 2.46. The highest BCUT2D eigenvalue weighted by molar-refractivity contribution is 7.08. The van der Waals surface area contributed by atoms with Crippen LogP contribution in [-0.2, 0) is 10.3 Å². The summed E-state index contributed by atoms with van der Waals surface area (Å²) >= 11 is 1.62. The van der Waals surface area contributed by atoms with E-state index >= 15 is 0 Å². The zero-order valence-corrected chi connectivity index (χ0v) is 8.51. The molecule has 1 heterocycles. The van der Waals surface area contributed by atoms with Gasteiger partial charge in [-0.3, -0.25) is 0 Å². The Morgan fingerprint density at radius 3 is 2.92 bits per heavy atom. The number of ether oxygens (including phenoxy) is 1. The first-order valence-corrected chi connectivity index (χ1v) is 5.45. The van der Waals surface area contributed by atoms with Crippen molar-refractivity contribution in [2.24, 2.45) is 5.92 Å². The van der Waals surface area contributed by atoms with Crippen LogP contribution < -0.4 is 0 Å². The average Bonchev–Trinajstić information content (AvgIpc) is 2.82. The van der Waals surface area contributed by atoms with Gasteiger partial charge in [0, 0.05) is 7.11 Å². The molecule has 0 bridgehead atoms. The molecule has 0 aliphatic heterocycles. The van der Waals surface area contributed by atoms with Crippen LogP contribution in [0.1, 0.15) is 18.4 Å². The maximum atomic E-state index is 10.4. The van der Waals surface area contributed by atoms with E-state index in [9.17, 15) is 5.11 Å². The molecule has 0 saturated heterocycles. The van der Waals surface area contributed by atoms with E-state index in [1.54, 1.807) is 18.4 Å². The molecule has 0 amide bonds. The van der Waals surface area contributed by atoms with Gasteiger partial charge < -0.3 is 9.84 Å². The van der Waals surface area contributed by atoms with Gasteiger partial charge in [-0.15, -0.1) is 0 Å². The number of aliphatic hydroxyl groups is 1. The number of thiophene rings is 1. The summed E-state index contributed by atoms with van der Waals surface area (Å²) in [5.41, 5.74) is 0.288. The molecule has 1 saturated carbocycles. The minimum absolute atomic E-state index is 0.405. The zero-order chi connectivity index (χ0) is 9.31. The lowest BCUT2D eigenvalue weighted by molar-refractivity contribution is -0.0529. The van der Waals surface area contributed by atoms with E-state index in [2.05, 4.69) is 0 Å². The number of rotatable bonds is 4. The molecule has 1 atom stereocenters. The van der Waals surface area contributed by atoms with Crippen LogP contribution in [0.5, 0.6) is 0 Å². The summed E-state index contributed by atoms with van der Waals surface area (Å²) in [5, 5.41) is 14.4. The Hall–Kier alpha value is -0.380. The summed E-state index contributed by atoms with van der Waals surface area (Å²) in [7, 11) is 1.64. The lowest BCUT2D eigenvalue weighted by Gasteiger charge is -2.26. The summed E-state index contributed by atoms with van der Waals surface area (Å²) in [4.78, 5) is 0. The standard InChI is InChI=1S/C10H14O2S/c1-12-7-10(11,8-2-3-8)9-4-5-13-6-9/h4-6,8,11H,2-3,7H2,1H3. The summed E-state index contributed by atoms with van der Waals surface area (Å²) in [6.45, 7) is 0.411. The van der Waals surface area contributed by atoms with E-state index in [0.29, 0.717) is 12.5 Å². The normalized spacial score (nSPS) is 21.4. The molecule has 13 heavy (non-hydrogen) atoms. The largest absolute Gasteiger partial charge is 0.382 e. The predicted molar refractivity (Wildman–Crippen MR) is 52.8 cm³/mol. The topological polar surface area (TPSA) is 29.5 Å². The first-order valence-electron chi connectivity index (χ1n) is 4.51. The Morgan fingerprint density at radius 1 is 1.69 bits per heavy atom. The predicted octanol–water partition coefficient (Wildman–Crippen LogP) is 1.99. The Morgan fingerprint density at radius 2 is 2.46 bits per heavy atom. The summed E-state index contributed by atoms with van der Waals surface area (Å²) in [6, 6.07) is 1.99. The monoisotopic (exact) mass is 198 g/mol. The van der Waals surface area contributed by atoms with Gasteiger partial charge in [-0.2, -0.15) is 11.3 Å². The quantitative estimate of drug-likeness (QED) is 0.801. The van der Waals surface area contributed by atoms with Gasteiger partial charge in [0.1, 0.15) is 5.60 Å². The molecule has 1 N–H and O–H groups in total. The Labute approximate surface area is 82.2 Å². The molecule has 0 spiro atoms. The highest BCUT2D eigenvalue weighted by Gasteiger charge is 2.45. The van der Waals surface area contributed by atoms with Crippen molar-refractivity contribution in [2.45, 2.75) is 18.4 Å². The van der Waals surface area contributed by atoms with Gasteiger partial charge in [0.2, 0.25) is 0 Å². The molecule has 1 aliphatic rings. The highest BCUT2D eigenvalue weighted by atomic mass is 32.1. The van der Waals surface area contributed by atoms with E-state index < -0.39 is 5.60 Å². The van der Waals surface area contributed by atoms with Gasteiger partial charge >= 0.3 is 0 Å². The van der Waals surface area contributed by atoms with Crippen LogP contribution in [0.2, 0.25) is 0 Å². The third kappa shape index (κ3) is 1.64. The first kappa shape index (κ1) is 9.19. The van der Waals surface area contributed by atoms with Crippen molar-refractivity contribution >= 4 is 11.3 Å². The number of methoxy groups -OCH3 is 1. The first-order chi connectivity index (χ1) is 6.27. The van der Waals surface area contributed by atoms with E-state index in [1.165, 1.54) is 0 Å². The van der Waals surface area contributed by atoms with Crippen molar-refractivity contribution < 1.29 is 9.84 Å². The van der Waals surface area contributed by atoms with E-state index in [1.807, 2.05) is 16.8 Å². The third-order valence-corrected chi connectivity index (χ3v) is 3.32. The molecule has 1 aromatic heterocycles. The van der Waals surface area contributed by atoms with Gasteiger partial charge in [-0.1, -0.05) is 0 Å². The second kappa shape index (κ2) is 3.40. The van der Waals surface area contributed by atoms with Crippen LogP contribution in [0.4, 0.5) is 0 Å². The molecule has 1 aromatic rings. The number of hydrogen-bond donors (Lipinski definition) is 1. The Bertz CT molecular complexity index is 266. The van der Waals surface area contributed by atoms with Crippen molar-refractivity contribution in [3.63, 3.8) is 0 Å². The summed E-state index contributed by atoms with van der Waals surface area (Å²) < 4.78 is 5.09. The van der Waals surface area contributed by atoms with Gasteiger partial charge in [0.15, 0.2) is 0 Å². The van der Waals surface area contributed by atoms with Gasteiger partial charge in [0.25, 0.3) is 0 Å². The molecule has 2 nitrogen and oxygen atoms in total. The van der Waals surface area contributed by atoms with Crippen LogP contribution in [-0.4, -0.2) is 18.8 Å². The second-order valence-corrected chi connectivity index (χ2v) is 4.42. The molecular weight excluding hydrogens is 184 g/mol. The fourth-order valence-electron chi connectivity index (χ4n) is 1.73. The van der Waals surface area contributed by atoms with E-state index in [-0.39, 0.29) is 0 Å². The van der Waals surface area contributed by atoms with Crippen LogP contribution in [0, 0.1) is 5.92 Å². The lowest BCUT2D eigenvalue weighted by atomic mass is 9.92. The van der Waals surface area contributed by atoms with Gasteiger partial charge in [-0.05, 0) is 41.1 Å². The SMILES string of the molecule is COCC(O)(c1ccsc1)C1CC1. The third-order valence-electron chi connectivity index (χ3n) is 2.64. The highest BCUT2D eigenvalue weighted by Crippen LogP contribution is 2.46. The van der Waals surface area contributed by atoms with Crippen molar-refractivity contribution in [2.75, 3.05) is 13.7 Å². The van der Waals surface area contributed by atoms with Gasteiger partial charge in [0.05, 0.1) is 6.61 Å². The molecule has 72 valence electrons. The lowest BCUT2D eigenvalue weighted by Crippen LogP contribution is -2.33. The van der Waals surface area contributed by atoms with Gasteiger partial charge in [-0.25, -0.2) is 0 Å². The number of hydrogen-bond acceptors (Lipinski definition) is 3. The molecule has 1 unspecified atom stereocenters. The summed E-state index contributed by atoms with van der Waals surface area (Å²) in [5.74, 6) is 0.405. The molecule has 2 rings (SSSR count). The Balaban J connectivity index is 2.22. The minimum Gasteiger partial charge on any atom is -0.382 e. The maximum absolute atomic E-state index is 10.4. The van der Waals surface area contributed by atoms with Crippen molar-refractivity contribution in [1.82, 2.24) is 0 Å². The van der Waals surface area contributed by atoms with Crippen molar-refractivity contribution in [1.29, 1.82) is 0 Å². The fraction of sp³-hybridized carbons (Fsp3) is 0.600. The molecule has 0 aromatic carbocycles. The summed E-state index contributed by atoms with van der Waals surface area (Å²) in [6.07, 6.45) is 2.24. The smallest absolute Gasteiger partial charge is 0.116 e. The van der Waals surface area contributed by atoms with E-state index in [0.717, 1.165) is 18.4 Å². The maximum Gasteiger partial charge on any atom is 0.116 e. The van der Waals surface area contributed by atoms with E-state index in [4.69, 9.17) is 4.74 Å². The molecular formula is C10H14O2S. The zero-order valence-electron chi connectivity index (χ0n) is 7.69.